The van der Waals surface area contributed by atoms with Crippen LogP contribution in [0.2, 0.25) is 0 Å². The van der Waals surface area contributed by atoms with E-state index < -0.39 is 23.1 Å². The monoisotopic (exact) mass is 532 g/mol. The number of aliphatic hydroxyl groups is 1. The van der Waals surface area contributed by atoms with Gasteiger partial charge in [0.25, 0.3) is 0 Å². The van der Waals surface area contributed by atoms with Crippen LogP contribution >= 0.6 is 11.8 Å². The second-order valence-corrected chi connectivity index (χ2v) is 13.0. The van der Waals surface area contributed by atoms with Gasteiger partial charge in [0, 0.05) is 23.4 Å². The van der Waals surface area contributed by atoms with Crippen LogP contribution in [0.15, 0.2) is 23.8 Å². The number of hydrogen-bond acceptors (Lipinski definition) is 7. The number of unbranched alkanes of at least 4 members (excludes halogenated alkanes) is 2. The van der Waals surface area contributed by atoms with Crippen molar-refractivity contribution in [2.75, 3.05) is 25.2 Å². The SMILES string of the molecule is CCCCCO[C@]1(C(=O)COC(=O)CSC)CC[C@H]2[C@@H]3C[C@H](C)C4=CC(=O)C=C[C@]4(C)[C@H]3[C@H](O)C[C@@]21C. The summed E-state index contributed by atoms with van der Waals surface area (Å²) in [4.78, 5) is 38.2. The molecule has 3 fully saturated rings. The first kappa shape index (κ1) is 28.6. The molecule has 0 aromatic heterocycles. The number of aliphatic hydroxyl groups excluding tert-OH is 1. The molecule has 0 aromatic rings. The van der Waals surface area contributed by atoms with E-state index >= 15 is 0 Å². The predicted octanol–water partition coefficient (Wildman–Crippen LogP) is 4.93. The summed E-state index contributed by atoms with van der Waals surface area (Å²) >= 11 is 1.37. The van der Waals surface area contributed by atoms with Crippen molar-refractivity contribution < 1.29 is 29.0 Å². The highest BCUT2D eigenvalue weighted by Gasteiger charge is 2.69. The van der Waals surface area contributed by atoms with Crippen LogP contribution in [0.5, 0.6) is 0 Å². The van der Waals surface area contributed by atoms with Crippen molar-refractivity contribution in [1.29, 1.82) is 0 Å². The molecule has 0 aromatic carbocycles. The normalized spacial score (nSPS) is 40.4. The Morgan fingerprint density at radius 3 is 2.70 bits per heavy atom. The number of hydrogen-bond donors (Lipinski definition) is 1. The molecular formula is C30H44O6S. The lowest BCUT2D eigenvalue weighted by Crippen LogP contribution is -2.63. The number of ketones is 2. The fraction of sp³-hybridized carbons (Fsp3) is 0.767. The van der Waals surface area contributed by atoms with Gasteiger partial charge in [0.2, 0.25) is 5.78 Å². The first-order chi connectivity index (χ1) is 17.5. The number of carbonyl (C=O) groups excluding carboxylic acids is 3. The maximum absolute atomic E-state index is 13.9. The fourth-order valence-electron chi connectivity index (χ4n) is 8.53. The van der Waals surface area contributed by atoms with Crippen molar-refractivity contribution in [2.45, 2.75) is 84.3 Å². The fourth-order valence-corrected chi connectivity index (χ4v) is 8.85. The first-order valence-electron chi connectivity index (χ1n) is 14.0. The van der Waals surface area contributed by atoms with Crippen molar-refractivity contribution >= 4 is 29.3 Å². The first-order valence-corrected chi connectivity index (χ1v) is 15.4. The van der Waals surface area contributed by atoms with Crippen LogP contribution in [0.4, 0.5) is 0 Å². The van der Waals surface area contributed by atoms with E-state index in [2.05, 4.69) is 27.7 Å². The van der Waals surface area contributed by atoms with E-state index in [1.807, 2.05) is 12.3 Å². The summed E-state index contributed by atoms with van der Waals surface area (Å²) in [5, 5.41) is 11.8. The highest BCUT2D eigenvalue weighted by Crippen LogP contribution is 2.68. The molecule has 37 heavy (non-hydrogen) atoms. The van der Waals surface area contributed by atoms with Gasteiger partial charge in [-0.05, 0) is 68.3 Å². The molecule has 8 atom stereocenters. The molecule has 0 saturated heterocycles. The summed E-state index contributed by atoms with van der Waals surface area (Å²) in [5.74, 6) is 0.283. The molecule has 0 aliphatic heterocycles. The zero-order valence-corrected chi connectivity index (χ0v) is 23.9. The standard InChI is InChI=1S/C30H44O6S/c1-6-7-8-13-36-30(25(33)17-35-26(34)18-37-5)12-10-22-21-14-19(2)23-15-20(31)9-11-28(23,3)27(21)24(32)16-29(22,30)4/h9,11,15,19,21-22,24,27,32H,6-8,10,12-14,16-18H2,1-5H3/t19-,21-,22-,24+,27+,28-,29-,30-/m0/s1. The molecule has 4 aliphatic rings. The van der Waals surface area contributed by atoms with Gasteiger partial charge in [-0.15, -0.1) is 0 Å². The minimum absolute atomic E-state index is 0.0113. The summed E-state index contributed by atoms with van der Waals surface area (Å²) < 4.78 is 12.0. The summed E-state index contributed by atoms with van der Waals surface area (Å²) in [5.41, 5.74) is -0.883. The summed E-state index contributed by atoms with van der Waals surface area (Å²) in [7, 11) is 0. The Kier molecular flexibility index (Phi) is 8.47. The van der Waals surface area contributed by atoms with Crippen molar-refractivity contribution in [1.82, 2.24) is 0 Å². The van der Waals surface area contributed by atoms with Crippen LogP contribution < -0.4 is 0 Å². The Bertz CT molecular complexity index is 973. The minimum Gasteiger partial charge on any atom is -0.457 e. The zero-order valence-electron chi connectivity index (χ0n) is 23.1. The molecule has 0 radical (unpaired) electrons. The van der Waals surface area contributed by atoms with Crippen molar-refractivity contribution in [3.63, 3.8) is 0 Å². The van der Waals surface area contributed by atoms with Crippen LogP contribution in [-0.4, -0.2) is 59.6 Å². The lowest BCUT2D eigenvalue weighted by Gasteiger charge is -2.61. The van der Waals surface area contributed by atoms with Gasteiger partial charge in [0.05, 0.1) is 11.9 Å². The molecule has 0 amide bonds. The van der Waals surface area contributed by atoms with E-state index in [1.165, 1.54) is 11.8 Å². The van der Waals surface area contributed by atoms with E-state index in [0.29, 0.717) is 19.4 Å². The van der Waals surface area contributed by atoms with E-state index in [0.717, 1.165) is 37.7 Å². The molecule has 0 heterocycles. The lowest BCUT2D eigenvalue weighted by molar-refractivity contribution is -0.196. The van der Waals surface area contributed by atoms with Crippen molar-refractivity contribution in [3.8, 4) is 0 Å². The lowest BCUT2D eigenvalue weighted by atomic mass is 9.44. The van der Waals surface area contributed by atoms with Crippen LogP contribution in [0.3, 0.4) is 0 Å². The minimum atomic E-state index is -1.07. The van der Waals surface area contributed by atoms with Crippen molar-refractivity contribution in [2.24, 2.45) is 34.5 Å². The number of ether oxygens (including phenoxy) is 2. The maximum Gasteiger partial charge on any atom is 0.316 e. The quantitative estimate of drug-likeness (QED) is 0.315. The van der Waals surface area contributed by atoms with E-state index in [-0.39, 0.29) is 53.0 Å². The number of rotatable bonds is 10. The molecule has 7 heteroatoms. The van der Waals surface area contributed by atoms with Gasteiger partial charge in [-0.1, -0.05) is 52.2 Å². The van der Waals surface area contributed by atoms with E-state index in [9.17, 15) is 19.5 Å². The largest absolute Gasteiger partial charge is 0.457 e. The smallest absolute Gasteiger partial charge is 0.316 e. The maximum atomic E-state index is 13.9. The average molecular weight is 533 g/mol. The number of allylic oxidation sites excluding steroid dienone is 4. The molecule has 6 nitrogen and oxygen atoms in total. The highest BCUT2D eigenvalue weighted by atomic mass is 32.2. The Balaban J connectivity index is 1.67. The van der Waals surface area contributed by atoms with Crippen LogP contribution in [0, 0.1) is 34.5 Å². The Morgan fingerprint density at radius 1 is 1.24 bits per heavy atom. The topological polar surface area (TPSA) is 89.9 Å². The molecule has 3 saturated carbocycles. The van der Waals surface area contributed by atoms with Gasteiger partial charge < -0.3 is 14.6 Å². The van der Waals surface area contributed by atoms with Crippen LogP contribution in [-0.2, 0) is 23.9 Å². The summed E-state index contributed by atoms with van der Waals surface area (Å²) in [6.45, 7) is 8.81. The van der Waals surface area contributed by atoms with Gasteiger partial charge in [0.1, 0.15) is 5.60 Å². The third-order valence-corrected chi connectivity index (χ3v) is 10.6. The van der Waals surface area contributed by atoms with Gasteiger partial charge in [-0.3, -0.25) is 14.4 Å². The zero-order chi connectivity index (χ0) is 27.0. The Morgan fingerprint density at radius 2 is 2.00 bits per heavy atom. The molecule has 0 unspecified atom stereocenters. The van der Waals surface area contributed by atoms with E-state index in [1.54, 1.807) is 12.2 Å². The van der Waals surface area contributed by atoms with Gasteiger partial charge in [-0.2, -0.15) is 11.8 Å². The van der Waals surface area contributed by atoms with Gasteiger partial charge in [-0.25, -0.2) is 0 Å². The van der Waals surface area contributed by atoms with Crippen LogP contribution in [0.1, 0.15) is 72.6 Å². The number of esters is 1. The second-order valence-electron chi connectivity index (χ2n) is 12.2. The third kappa shape index (κ3) is 4.78. The number of carbonyl (C=O) groups is 3. The molecule has 1 N–H and O–H groups in total. The molecule has 0 spiro atoms. The molecule has 0 bridgehead atoms. The van der Waals surface area contributed by atoms with Crippen LogP contribution in [0.25, 0.3) is 0 Å². The van der Waals surface area contributed by atoms with E-state index in [4.69, 9.17) is 9.47 Å². The average Bonchev–Trinajstić information content (AvgIpc) is 3.14. The van der Waals surface area contributed by atoms with Crippen molar-refractivity contribution in [3.05, 3.63) is 23.8 Å². The number of thioether (sulfide) groups is 1. The Hall–Kier alpha value is -1.44. The third-order valence-electron chi connectivity index (χ3n) is 10.1. The molecule has 4 aliphatic carbocycles. The molecular weight excluding hydrogens is 488 g/mol. The number of Topliss-reactive ketones (excluding diaryl/α,β-unsaturated/α-hetero) is 1. The summed E-state index contributed by atoms with van der Waals surface area (Å²) in [6.07, 6.45) is 12.4. The van der Waals surface area contributed by atoms with Gasteiger partial charge in [0.15, 0.2) is 12.4 Å². The Labute approximate surface area is 226 Å². The number of fused-ring (bicyclic) bond motifs is 5. The molecule has 206 valence electrons. The van der Waals surface area contributed by atoms with Gasteiger partial charge >= 0.3 is 5.97 Å². The summed E-state index contributed by atoms with van der Waals surface area (Å²) in [6, 6.07) is 0. The molecule has 4 rings (SSSR count). The predicted molar refractivity (Wildman–Crippen MR) is 145 cm³/mol. The second kappa shape index (κ2) is 11.0. The highest BCUT2D eigenvalue weighted by molar-refractivity contribution is 7.99.